The number of nitrogens with one attached hydrogen (secondary N) is 4. The van der Waals surface area contributed by atoms with Gasteiger partial charge in [-0.3, -0.25) is 48.1 Å². The number of nitrogens with zero attached hydrogens (tertiary/aromatic N) is 2. The van der Waals surface area contributed by atoms with Gasteiger partial charge in [0.05, 0.1) is 25.3 Å². The maximum atomic E-state index is 13.4. The van der Waals surface area contributed by atoms with E-state index in [2.05, 4.69) is 20.9 Å². The lowest BCUT2D eigenvalue weighted by Gasteiger charge is -2.28. The second kappa shape index (κ2) is 21.2. The summed E-state index contributed by atoms with van der Waals surface area (Å²) in [5, 5.41) is 45.4. The molecule has 0 aromatic rings. The quantitative estimate of drug-likeness (QED) is 0.0263. The average Bonchev–Trinajstić information content (AvgIpc) is 3.52. The lowest BCUT2D eigenvalue weighted by Crippen LogP contribution is -2.59. The van der Waals surface area contributed by atoms with Crippen molar-refractivity contribution in [2.45, 2.75) is 94.0 Å². The minimum absolute atomic E-state index is 0.0135. The van der Waals surface area contributed by atoms with Crippen LogP contribution < -0.4 is 44.2 Å². The van der Waals surface area contributed by atoms with E-state index in [1.165, 1.54) is 0 Å². The van der Waals surface area contributed by atoms with Crippen LogP contribution in [0.2, 0.25) is 0 Å². The molecule has 1 aliphatic heterocycles. The van der Waals surface area contributed by atoms with E-state index in [9.17, 15) is 58.2 Å². The van der Waals surface area contributed by atoms with Gasteiger partial charge in [-0.15, -0.1) is 0 Å². The molecule has 24 nitrogen and oxygen atoms in total. The van der Waals surface area contributed by atoms with Crippen molar-refractivity contribution in [3.8, 4) is 0 Å². The Hall–Kier alpha value is -6.07. The van der Waals surface area contributed by atoms with Crippen molar-refractivity contribution in [3.63, 3.8) is 0 Å². The number of carboxylic acids is 4. The van der Waals surface area contributed by atoms with Gasteiger partial charge in [0.2, 0.25) is 35.4 Å². The molecule has 1 aliphatic rings. The maximum absolute atomic E-state index is 13.4. The van der Waals surface area contributed by atoms with Crippen LogP contribution in [-0.4, -0.2) is 140 Å². The molecule has 0 bridgehead atoms. The summed E-state index contributed by atoms with van der Waals surface area (Å²) in [5.41, 5.74) is 21.4. The molecule has 6 atom stereocenters. The van der Waals surface area contributed by atoms with Crippen LogP contribution >= 0.6 is 0 Å². The number of likely N-dealkylation sites (tertiary alicyclic amines) is 1. The van der Waals surface area contributed by atoms with Crippen molar-refractivity contribution >= 4 is 65.3 Å². The predicted octanol–water partition coefficient (Wildman–Crippen LogP) is -5.93. The molecule has 0 radical (unpaired) electrons. The Morgan fingerprint density at radius 2 is 1.19 bits per heavy atom. The molecule has 0 aromatic carbocycles. The number of carbonyl (C=O) groups excluding carboxylic acids is 6. The topological polar surface area (TPSA) is 419 Å². The molecule has 290 valence electrons. The highest BCUT2D eigenvalue weighted by Crippen LogP contribution is 2.19. The van der Waals surface area contributed by atoms with E-state index in [1.54, 1.807) is 0 Å². The number of aliphatic carboxylic acids is 4. The van der Waals surface area contributed by atoms with Crippen molar-refractivity contribution in [3.05, 3.63) is 0 Å². The second-order valence-electron chi connectivity index (χ2n) is 11.6. The minimum atomic E-state index is -1.91. The maximum Gasteiger partial charge on any atom is 0.326 e. The molecule has 24 heteroatoms. The minimum Gasteiger partial charge on any atom is -0.481 e. The van der Waals surface area contributed by atoms with Crippen LogP contribution in [0.3, 0.4) is 0 Å². The fourth-order valence-corrected chi connectivity index (χ4v) is 4.96. The standard InChI is InChI=1S/C28H44N10O14/c29-12(9-19(40)41)26(50)38-8-2-4-17(38)25(49)36-15(10-20(42)43)24(48)35-14(5-6-18(30)39)23(47)34-13(3-1-7-33-28(31)32)22(46)37-16(27(51)52)11-21(44)45/h12-17H,1-11,29H2,(H2,30,39)(H,34,47)(H,35,48)(H,36,49)(H,37,46)(H,40,41)(H,42,43)(H,44,45)(H,51,52)(H4,31,32,33). The van der Waals surface area contributed by atoms with Gasteiger partial charge in [-0.05, 0) is 32.1 Å². The average molecular weight is 745 g/mol. The normalized spacial score (nSPS) is 16.5. The molecule has 16 N–H and O–H groups in total. The fourth-order valence-electron chi connectivity index (χ4n) is 4.96. The third kappa shape index (κ3) is 15.6. The van der Waals surface area contributed by atoms with Crippen LogP contribution in [-0.2, 0) is 47.9 Å². The van der Waals surface area contributed by atoms with E-state index < -0.39 is 128 Å². The number of rotatable bonds is 23. The molecule has 1 saturated heterocycles. The summed E-state index contributed by atoms with van der Waals surface area (Å²) in [6.07, 6.45) is -3.71. The van der Waals surface area contributed by atoms with Crippen LogP contribution in [0.15, 0.2) is 4.99 Å². The van der Waals surface area contributed by atoms with Crippen molar-refractivity contribution in [2.75, 3.05) is 13.1 Å². The van der Waals surface area contributed by atoms with Gasteiger partial charge < -0.3 is 69.5 Å². The summed E-state index contributed by atoms with van der Waals surface area (Å²) in [5.74, 6) is -12.8. The zero-order valence-corrected chi connectivity index (χ0v) is 27.8. The number of aliphatic imine (C=N–C) groups is 1. The Bertz CT molecular complexity index is 1420. The summed E-state index contributed by atoms with van der Waals surface area (Å²) in [7, 11) is 0. The van der Waals surface area contributed by atoms with E-state index >= 15 is 0 Å². The highest BCUT2D eigenvalue weighted by Gasteiger charge is 2.39. The van der Waals surface area contributed by atoms with Gasteiger partial charge in [-0.1, -0.05) is 0 Å². The van der Waals surface area contributed by atoms with Gasteiger partial charge in [-0.2, -0.15) is 0 Å². The molecule has 6 unspecified atom stereocenters. The number of guanidine groups is 1. The van der Waals surface area contributed by atoms with Gasteiger partial charge in [0.25, 0.3) is 0 Å². The zero-order valence-electron chi connectivity index (χ0n) is 27.8. The molecular formula is C28H44N10O14. The van der Waals surface area contributed by atoms with Gasteiger partial charge >= 0.3 is 23.9 Å². The van der Waals surface area contributed by atoms with E-state index in [0.717, 1.165) is 4.90 Å². The summed E-state index contributed by atoms with van der Waals surface area (Å²) in [6.45, 7) is -0.0486. The summed E-state index contributed by atoms with van der Waals surface area (Å²) in [4.78, 5) is 127. The summed E-state index contributed by atoms with van der Waals surface area (Å²) >= 11 is 0. The van der Waals surface area contributed by atoms with Crippen LogP contribution in [0.1, 0.15) is 57.8 Å². The number of amides is 6. The molecule has 1 fully saturated rings. The molecule has 0 aromatic heterocycles. The monoisotopic (exact) mass is 744 g/mol. The third-order valence-electron chi connectivity index (χ3n) is 7.45. The molecule has 1 rings (SSSR count). The first-order valence-electron chi connectivity index (χ1n) is 15.7. The Labute approximate surface area is 295 Å². The van der Waals surface area contributed by atoms with Gasteiger partial charge in [0.1, 0.15) is 30.2 Å². The molecule has 52 heavy (non-hydrogen) atoms. The van der Waals surface area contributed by atoms with Gasteiger partial charge in [0, 0.05) is 19.5 Å². The Kier molecular flexibility index (Phi) is 17.9. The van der Waals surface area contributed by atoms with Crippen molar-refractivity contribution < 1.29 is 68.4 Å². The van der Waals surface area contributed by atoms with E-state index in [4.69, 9.17) is 33.1 Å². The first kappa shape index (κ1) is 44.0. The summed E-state index contributed by atoms with van der Waals surface area (Å²) < 4.78 is 0. The highest BCUT2D eigenvalue weighted by molar-refractivity contribution is 5.98. The summed E-state index contributed by atoms with van der Waals surface area (Å²) in [6, 6.07) is -9.82. The number of hydrogen-bond acceptors (Lipinski definition) is 12. The SMILES string of the molecule is NC(=O)CCC(NC(=O)C(CC(=O)O)NC(=O)C1CCCN1C(=O)C(N)CC(=O)O)C(=O)NC(CCCN=C(N)N)C(=O)NC(CC(=O)O)C(=O)O. The Morgan fingerprint density at radius 1 is 0.692 bits per heavy atom. The van der Waals surface area contributed by atoms with Crippen LogP contribution in [0, 0.1) is 0 Å². The largest absolute Gasteiger partial charge is 0.481 e. The van der Waals surface area contributed by atoms with Gasteiger partial charge in [0.15, 0.2) is 5.96 Å². The molecular weight excluding hydrogens is 700 g/mol. The molecule has 1 heterocycles. The number of primary amides is 1. The number of nitrogens with two attached hydrogens (primary N) is 4. The molecule has 0 spiro atoms. The van der Waals surface area contributed by atoms with Crippen molar-refractivity contribution in [1.82, 2.24) is 26.2 Å². The van der Waals surface area contributed by atoms with E-state index in [1.807, 2.05) is 5.32 Å². The van der Waals surface area contributed by atoms with Crippen LogP contribution in [0.25, 0.3) is 0 Å². The lowest BCUT2D eigenvalue weighted by atomic mass is 10.1. The predicted molar refractivity (Wildman–Crippen MR) is 173 cm³/mol. The third-order valence-corrected chi connectivity index (χ3v) is 7.45. The second-order valence-corrected chi connectivity index (χ2v) is 11.6. The van der Waals surface area contributed by atoms with Crippen molar-refractivity contribution in [1.29, 1.82) is 0 Å². The van der Waals surface area contributed by atoms with Crippen molar-refractivity contribution in [2.24, 2.45) is 27.9 Å². The molecule has 0 saturated carbocycles. The lowest BCUT2D eigenvalue weighted by molar-refractivity contribution is -0.147. The number of carboxylic acid groups (broad SMARTS) is 4. The first-order valence-corrected chi connectivity index (χ1v) is 15.7. The van der Waals surface area contributed by atoms with E-state index in [0.29, 0.717) is 6.42 Å². The zero-order chi connectivity index (χ0) is 39.7. The Balaban J connectivity index is 3.28. The first-order chi connectivity index (χ1) is 24.2. The number of hydrogen-bond donors (Lipinski definition) is 12. The fraction of sp³-hybridized carbons (Fsp3) is 0.607. The van der Waals surface area contributed by atoms with Crippen LogP contribution in [0.5, 0.6) is 0 Å². The Morgan fingerprint density at radius 3 is 1.69 bits per heavy atom. The smallest absolute Gasteiger partial charge is 0.326 e. The van der Waals surface area contributed by atoms with Gasteiger partial charge in [-0.25, -0.2) is 4.79 Å². The van der Waals surface area contributed by atoms with E-state index in [-0.39, 0.29) is 38.3 Å². The molecule has 0 aliphatic carbocycles. The van der Waals surface area contributed by atoms with Crippen LogP contribution in [0.4, 0.5) is 0 Å². The molecule has 6 amide bonds. The number of carbonyl (C=O) groups is 10. The highest BCUT2D eigenvalue weighted by atomic mass is 16.4.